The van der Waals surface area contributed by atoms with E-state index < -0.39 is 0 Å². The number of amides is 1. The van der Waals surface area contributed by atoms with Crippen LogP contribution in [0.4, 0.5) is 5.88 Å². The molecule has 0 aromatic carbocycles. The maximum Gasteiger partial charge on any atom is 0.480 e. The van der Waals surface area contributed by atoms with Crippen LogP contribution in [0.2, 0.25) is 0 Å². The van der Waals surface area contributed by atoms with Crippen LogP contribution in [0.1, 0.15) is 18.6 Å². The molecular formula is C22H32N5O4+. The molecule has 9 heteroatoms. The highest BCUT2D eigenvalue weighted by Crippen LogP contribution is 2.22. The van der Waals surface area contributed by atoms with Gasteiger partial charge in [-0.3, -0.25) is 14.6 Å². The Balaban J connectivity index is 1.42. The molecule has 1 aromatic heterocycles. The van der Waals surface area contributed by atoms with Crippen molar-refractivity contribution in [3.63, 3.8) is 0 Å². The Kier molecular flexibility index (Phi) is 8.02. The maximum atomic E-state index is 13.0. The van der Waals surface area contributed by atoms with E-state index in [-0.39, 0.29) is 22.6 Å². The van der Waals surface area contributed by atoms with E-state index in [1.807, 2.05) is 17.1 Å². The Bertz CT molecular complexity index is 831. The summed E-state index contributed by atoms with van der Waals surface area (Å²) >= 11 is 0. The number of furan rings is 1. The molecule has 0 spiro atoms. The van der Waals surface area contributed by atoms with Gasteiger partial charge in [-0.1, -0.05) is 18.7 Å². The molecule has 1 amide bonds. The first-order chi connectivity index (χ1) is 15.0. The molecule has 2 aliphatic heterocycles. The zero-order valence-electron chi connectivity index (χ0n) is 17.9. The van der Waals surface area contributed by atoms with Gasteiger partial charge in [0.05, 0.1) is 17.5 Å². The summed E-state index contributed by atoms with van der Waals surface area (Å²) < 4.78 is 5.30. The van der Waals surface area contributed by atoms with Crippen molar-refractivity contribution in [1.82, 2.24) is 14.7 Å². The van der Waals surface area contributed by atoms with E-state index in [4.69, 9.17) is 15.4 Å². The van der Waals surface area contributed by atoms with Crippen molar-refractivity contribution < 1.29 is 19.3 Å². The van der Waals surface area contributed by atoms with Crippen molar-refractivity contribution >= 4 is 11.8 Å². The molecule has 1 aromatic rings. The fourth-order valence-electron chi connectivity index (χ4n) is 4.19. The molecule has 2 saturated heterocycles. The molecule has 3 heterocycles. The molecule has 168 valence electrons. The number of nitrogens with two attached hydrogens (primary N) is 1. The number of likely N-dealkylation sites (tertiary alicyclic amines) is 1. The van der Waals surface area contributed by atoms with Crippen LogP contribution < -0.4 is 5.73 Å². The van der Waals surface area contributed by atoms with Crippen molar-refractivity contribution in [2.75, 3.05) is 45.8 Å². The van der Waals surface area contributed by atoms with Crippen LogP contribution in [0, 0.1) is 10.8 Å². The van der Waals surface area contributed by atoms with Gasteiger partial charge in [0, 0.05) is 38.6 Å². The van der Waals surface area contributed by atoms with Crippen LogP contribution in [-0.4, -0.2) is 76.6 Å². The highest BCUT2D eigenvalue weighted by Gasteiger charge is 2.30. The minimum atomic E-state index is -0.281. The van der Waals surface area contributed by atoms with Crippen LogP contribution in [0.15, 0.2) is 53.1 Å². The minimum absolute atomic E-state index is 0.0832. The number of carbonyl (C=O) groups is 1. The van der Waals surface area contributed by atoms with E-state index in [0.717, 1.165) is 51.1 Å². The van der Waals surface area contributed by atoms with Gasteiger partial charge in [-0.2, -0.15) is 0 Å². The normalized spacial score (nSPS) is 19.7. The van der Waals surface area contributed by atoms with Crippen molar-refractivity contribution in [3.05, 3.63) is 59.4 Å². The van der Waals surface area contributed by atoms with Crippen LogP contribution in [0.3, 0.4) is 0 Å². The lowest BCUT2D eigenvalue weighted by Crippen LogP contribution is -2.51. The summed E-state index contributed by atoms with van der Waals surface area (Å²) in [4.78, 5) is 30.1. The predicted octanol–water partition coefficient (Wildman–Crippen LogP) is 2.02. The standard InChI is InChI=1S/C22H32N5O4/c1-2-3-18(6-9-23)16-24-10-7-19(8-11-24)22(28)26-14-12-25(13-15-26)17-20-4-5-21(31-20)27(29)30/h2-6,9,19H,1,7-8,10-17,23H2,(H,29,30)/q+1/b9-6-,18-3+. The molecule has 0 aliphatic carbocycles. The lowest BCUT2D eigenvalue weighted by Gasteiger charge is -2.38. The third-order valence-corrected chi connectivity index (χ3v) is 5.88. The molecule has 2 aliphatic rings. The summed E-state index contributed by atoms with van der Waals surface area (Å²) in [6.45, 7) is 9.78. The summed E-state index contributed by atoms with van der Waals surface area (Å²) in [5.41, 5.74) is 6.63. The average Bonchev–Trinajstić information content (AvgIpc) is 3.24. The molecule has 9 nitrogen and oxygen atoms in total. The van der Waals surface area contributed by atoms with E-state index in [1.165, 1.54) is 6.07 Å². The predicted molar refractivity (Wildman–Crippen MR) is 116 cm³/mol. The minimum Gasteiger partial charge on any atom is -0.405 e. The first-order valence-electron chi connectivity index (χ1n) is 10.7. The Morgan fingerprint density at radius 3 is 2.48 bits per heavy atom. The largest absolute Gasteiger partial charge is 0.480 e. The van der Waals surface area contributed by atoms with Crippen molar-refractivity contribution in [3.8, 4) is 0 Å². The highest BCUT2D eigenvalue weighted by atomic mass is 16.6. The van der Waals surface area contributed by atoms with Gasteiger partial charge in [-0.25, -0.2) is 5.21 Å². The van der Waals surface area contributed by atoms with Gasteiger partial charge in [-0.05, 0) is 49.8 Å². The zero-order chi connectivity index (χ0) is 22.2. The fourth-order valence-corrected chi connectivity index (χ4v) is 4.19. The van der Waals surface area contributed by atoms with Crippen LogP contribution in [0.5, 0.6) is 0 Å². The van der Waals surface area contributed by atoms with Gasteiger partial charge in [-0.15, -0.1) is 0 Å². The van der Waals surface area contributed by atoms with Crippen molar-refractivity contribution in [2.45, 2.75) is 19.4 Å². The van der Waals surface area contributed by atoms with Gasteiger partial charge >= 0.3 is 5.88 Å². The van der Waals surface area contributed by atoms with Crippen LogP contribution in [-0.2, 0) is 11.3 Å². The topological polar surface area (TPSA) is 106 Å². The van der Waals surface area contributed by atoms with Crippen molar-refractivity contribution in [2.24, 2.45) is 11.7 Å². The monoisotopic (exact) mass is 430 g/mol. The van der Waals surface area contributed by atoms with E-state index >= 15 is 0 Å². The summed E-state index contributed by atoms with van der Waals surface area (Å²) in [5, 5.41) is 8.88. The SMILES string of the molecule is C=C/C=C(\C=C/N)CN1CCC(C(=O)N2CCN(Cc3ccc([N+](=O)O)o3)CC2)CC1. The Morgan fingerprint density at radius 2 is 1.90 bits per heavy atom. The summed E-state index contributed by atoms with van der Waals surface area (Å²) in [6, 6.07) is 3.12. The summed E-state index contributed by atoms with van der Waals surface area (Å²) in [7, 11) is 0. The third-order valence-electron chi connectivity index (χ3n) is 5.88. The molecule has 0 saturated carbocycles. The zero-order valence-corrected chi connectivity index (χ0v) is 17.9. The molecular weight excluding hydrogens is 398 g/mol. The molecule has 0 radical (unpaired) electrons. The lowest BCUT2D eigenvalue weighted by atomic mass is 9.94. The molecule has 0 bridgehead atoms. The van der Waals surface area contributed by atoms with Crippen LogP contribution in [0.25, 0.3) is 0 Å². The maximum absolute atomic E-state index is 13.0. The lowest BCUT2D eigenvalue weighted by molar-refractivity contribution is -0.737. The second-order valence-electron chi connectivity index (χ2n) is 8.00. The fraction of sp³-hybridized carbons (Fsp3) is 0.500. The second kappa shape index (κ2) is 10.9. The quantitative estimate of drug-likeness (QED) is 0.480. The molecule has 0 unspecified atom stereocenters. The molecule has 3 N–H and O–H groups in total. The average molecular weight is 431 g/mol. The molecule has 31 heavy (non-hydrogen) atoms. The number of piperidine rings is 1. The van der Waals surface area contributed by atoms with Gasteiger partial charge in [0.2, 0.25) is 5.91 Å². The smallest absolute Gasteiger partial charge is 0.405 e. The van der Waals surface area contributed by atoms with E-state index in [0.29, 0.717) is 25.4 Å². The second-order valence-corrected chi connectivity index (χ2v) is 8.00. The number of hydrogen-bond donors (Lipinski definition) is 2. The van der Waals surface area contributed by atoms with Gasteiger partial charge in [0.25, 0.3) is 4.92 Å². The Morgan fingerprint density at radius 1 is 1.19 bits per heavy atom. The number of carbonyl (C=O) groups excluding carboxylic acids is 1. The highest BCUT2D eigenvalue weighted by molar-refractivity contribution is 5.79. The number of allylic oxidation sites excluding steroid dienone is 2. The number of piperazine rings is 1. The molecule has 0 atom stereocenters. The van der Waals surface area contributed by atoms with Crippen LogP contribution >= 0.6 is 0 Å². The summed E-state index contributed by atoms with van der Waals surface area (Å²) in [6.07, 6.45) is 8.90. The van der Waals surface area contributed by atoms with E-state index in [9.17, 15) is 9.70 Å². The number of rotatable bonds is 8. The number of nitrogens with zero attached hydrogens (tertiary/aromatic N) is 4. The van der Waals surface area contributed by atoms with Gasteiger partial charge in [0.1, 0.15) is 5.76 Å². The molecule has 2 fully saturated rings. The molecule has 3 rings (SSSR count). The Labute approximate surface area is 182 Å². The van der Waals surface area contributed by atoms with Gasteiger partial charge in [0.15, 0.2) is 0 Å². The summed E-state index contributed by atoms with van der Waals surface area (Å²) in [5.74, 6) is 0.832. The first kappa shape index (κ1) is 22.8. The first-order valence-corrected chi connectivity index (χ1v) is 10.7. The van der Waals surface area contributed by atoms with E-state index in [2.05, 4.69) is 16.4 Å². The van der Waals surface area contributed by atoms with Gasteiger partial charge < -0.3 is 15.1 Å². The third kappa shape index (κ3) is 6.28. The van der Waals surface area contributed by atoms with Crippen molar-refractivity contribution in [1.29, 1.82) is 0 Å². The van der Waals surface area contributed by atoms with E-state index in [1.54, 1.807) is 18.3 Å². The Hall–Kier alpha value is -2.91. The number of hydrogen-bond acceptors (Lipinski definition) is 6.